The number of carbonyl (C=O) groups excluding carboxylic acids is 1. The van der Waals surface area contributed by atoms with E-state index in [1.807, 2.05) is 31.2 Å². The SMILES string of the molecule is Cc1ccc(C(CNC(=O)c2ccc(C(F)(F)F)cc2)N2CCOCC2)cc1. The number of nitrogens with zero attached hydrogens (tertiary/aromatic N) is 1. The number of hydrogen-bond acceptors (Lipinski definition) is 3. The Hall–Kier alpha value is -2.38. The molecule has 1 unspecified atom stereocenters. The van der Waals surface area contributed by atoms with Gasteiger partial charge in [0.2, 0.25) is 0 Å². The Morgan fingerprint density at radius 3 is 2.25 bits per heavy atom. The van der Waals surface area contributed by atoms with Crippen molar-refractivity contribution in [2.75, 3.05) is 32.8 Å². The zero-order valence-electron chi connectivity index (χ0n) is 15.6. The van der Waals surface area contributed by atoms with Crippen LogP contribution in [0, 0.1) is 6.92 Å². The van der Waals surface area contributed by atoms with Gasteiger partial charge >= 0.3 is 6.18 Å². The first-order chi connectivity index (χ1) is 13.3. The first-order valence-electron chi connectivity index (χ1n) is 9.18. The van der Waals surface area contributed by atoms with E-state index in [2.05, 4.69) is 10.2 Å². The van der Waals surface area contributed by atoms with E-state index in [0.29, 0.717) is 19.8 Å². The predicted molar refractivity (Wildman–Crippen MR) is 100 cm³/mol. The third-order valence-corrected chi connectivity index (χ3v) is 4.88. The minimum atomic E-state index is -4.41. The van der Waals surface area contributed by atoms with E-state index in [-0.39, 0.29) is 17.5 Å². The summed E-state index contributed by atoms with van der Waals surface area (Å²) >= 11 is 0. The molecule has 0 bridgehead atoms. The molecule has 1 aliphatic rings. The van der Waals surface area contributed by atoms with Gasteiger partial charge in [-0.3, -0.25) is 9.69 Å². The van der Waals surface area contributed by atoms with Crippen molar-refractivity contribution in [3.8, 4) is 0 Å². The molecule has 1 amide bonds. The van der Waals surface area contributed by atoms with Gasteiger partial charge in [-0.25, -0.2) is 0 Å². The van der Waals surface area contributed by atoms with Crippen LogP contribution in [0.2, 0.25) is 0 Å². The second-order valence-corrected chi connectivity index (χ2v) is 6.86. The zero-order chi connectivity index (χ0) is 20.1. The number of alkyl halides is 3. The van der Waals surface area contributed by atoms with Crippen LogP contribution in [0.15, 0.2) is 48.5 Å². The molecule has 1 aliphatic heterocycles. The van der Waals surface area contributed by atoms with Crippen LogP contribution in [0.5, 0.6) is 0 Å². The topological polar surface area (TPSA) is 41.6 Å². The van der Waals surface area contributed by atoms with E-state index in [9.17, 15) is 18.0 Å². The lowest BCUT2D eigenvalue weighted by Gasteiger charge is -2.35. The van der Waals surface area contributed by atoms with Crippen LogP contribution in [0.25, 0.3) is 0 Å². The Morgan fingerprint density at radius 1 is 1.07 bits per heavy atom. The van der Waals surface area contributed by atoms with E-state index in [1.54, 1.807) is 0 Å². The van der Waals surface area contributed by atoms with Crippen molar-refractivity contribution in [2.45, 2.75) is 19.1 Å². The molecular weight excluding hydrogens is 369 g/mol. The first kappa shape index (κ1) is 20.4. The van der Waals surface area contributed by atoms with Gasteiger partial charge in [0.1, 0.15) is 0 Å². The molecule has 1 fully saturated rings. The Balaban J connectivity index is 1.70. The maximum Gasteiger partial charge on any atom is 0.416 e. The number of morpholine rings is 1. The first-order valence-corrected chi connectivity index (χ1v) is 9.18. The number of halogens is 3. The van der Waals surface area contributed by atoms with E-state index in [0.717, 1.165) is 36.3 Å². The standard InChI is InChI=1S/C21H23F3N2O2/c1-15-2-4-16(5-3-15)19(26-10-12-28-13-11-26)14-25-20(27)17-6-8-18(9-7-17)21(22,23)24/h2-9,19H,10-14H2,1H3,(H,25,27). The van der Waals surface area contributed by atoms with Crippen molar-refractivity contribution >= 4 is 5.91 Å². The van der Waals surface area contributed by atoms with Gasteiger partial charge < -0.3 is 10.1 Å². The third-order valence-electron chi connectivity index (χ3n) is 4.88. The predicted octanol–water partition coefficient (Wildman–Crippen LogP) is 3.82. The fraction of sp³-hybridized carbons (Fsp3) is 0.381. The maximum atomic E-state index is 12.7. The highest BCUT2D eigenvalue weighted by Gasteiger charge is 2.30. The monoisotopic (exact) mass is 392 g/mol. The van der Waals surface area contributed by atoms with Crippen molar-refractivity contribution in [1.29, 1.82) is 0 Å². The minimum absolute atomic E-state index is 0.0251. The summed E-state index contributed by atoms with van der Waals surface area (Å²) in [6.07, 6.45) is -4.41. The number of amides is 1. The van der Waals surface area contributed by atoms with Crippen LogP contribution in [-0.4, -0.2) is 43.7 Å². The lowest BCUT2D eigenvalue weighted by atomic mass is 10.0. The van der Waals surface area contributed by atoms with Crippen molar-refractivity contribution in [1.82, 2.24) is 10.2 Å². The van der Waals surface area contributed by atoms with Crippen LogP contribution in [0.1, 0.15) is 33.1 Å². The molecule has 28 heavy (non-hydrogen) atoms. The van der Waals surface area contributed by atoms with Crippen LogP contribution in [-0.2, 0) is 10.9 Å². The molecule has 0 saturated carbocycles. The van der Waals surface area contributed by atoms with E-state index in [4.69, 9.17) is 4.74 Å². The summed E-state index contributed by atoms with van der Waals surface area (Å²) in [4.78, 5) is 14.7. The molecule has 0 aromatic heterocycles. The van der Waals surface area contributed by atoms with Crippen molar-refractivity contribution in [2.24, 2.45) is 0 Å². The molecular formula is C21H23F3N2O2. The van der Waals surface area contributed by atoms with Crippen molar-refractivity contribution in [3.05, 3.63) is 70.8 Å². The van der Waals surface area contributed by atoms with Gasteiger partial charge in [0.15, 0.2) is 0 Å². The number of nitrogens with one attached hydrogen (secondary N) is 1. The summed E-state index contributed by atoms with van der Waals surface area (Å²) in [6.45, 7) is 5.16. The molecule has 1 saturated heterocycles. The summed E-state index contributed by atoms with van der Waals surface area (Å²) in [7, 11) is 0. The lowest BCUT2D eigenvalue weighted by molar-refractivity contribution is -0.137. The molecule has 2 aromatic carbocycles. The molecule has 2 aromatic rings. The van der Waals surface area contributed by atoms with Crippen molar-refractivity contribution in [3.63, 3.8) is 0 Å². The number of hydrogen-bond donors (Lipinski definition) is 1. The molecule has 150 valence electrons. The van der Waals surface area contributed by atoms with Gasteiger partial charge in [-0.15, -0.1) is 0 Å². The van der Waals surface area contributed by atoms with Gasteiger partial charge in [-0.2, -0.15) is 13.2 Å². The number of benzene rings is 2. The smallest absolute Gasteiger partial charge is 0.379 e. The molecule has 1 atom stereocenters. The van der Waals surface area contributed by atoms with Crippen LogP contribution in [0.3, 0.4) is 0 Å². The quantitative estimate of drug-likeness (QED) is 0.841. The molecule has 4 nitrogen and oxygen atoms in total. The average molecular weight is 392 g/mol. The highest BCUT2D eigenvalue weighted by molar-refractivity contribution is 5.94. The average Bonchev–Trinajstić information content (AvgIpc) is 2.69. The van der Waals surface area contributed by atoms with Gasteiger partial charge in [0.05, 0.1) is 24.8 Å². The second kappa shape index (κ2) is 8.75. The van der Waals surface area contributed by atoms with E-state index < -0.39 is 11.7 Å². The Morgan fingerprint density at radius 2 is 1.68 bits per heavy atom. The van der Waals surface area contributed by atoms with Crippen LogP contribution in [0.4, 0.5) is 13.2 Å². The van der Waals surface area contributed by atoms with Crippen LogP contribution >= 0.6 is 0 Å². The summed E-state index contributed by atoms with van der Waals surface area (Å²) in [5.74, 6) is -0.390. The van der Waals surface area contributed by atoms with Gasteiger partial charge in [-0.05, 0) is 36.8 Å². The zero-order valence-corrected chi connectivity index (χ0v) is 15.6. The minimum Gasteiger partial charge on any atom is -0.379 e. The molecule has 1 N–H and O–H groups in total. The largest absolute Gasteiger partial charge is 0.416 e. The van der Waals surface area contributed by atoms with Gasteiger partial charge in [0.25, 0.3) is 5.91 Å². The summed E-state index contributed by atoms with van der Waals surface area (Å²) in [5, 5.41) is 2.86. The summed E-state index contributed by atoms with van der Waals surface area (Å²) < 4.78 is 43.5. The number of aryl methyl sites for hydroxylation is 1. The third kappa shape index (κ3) is 5.11. The van der Waals surface area contributed by atoms with Crippen molar-refractivity contribution < 1.29 is 22.7 Å². The van der Waals surface area contributed by atoms with Gasteiger partial charge in [0, 0.05) is 25.2 Å². The summed E-state index contributed by atoms with van der Waals surface area (Å²) in [5.41, 5.74) is 1.67. The van der Waals surface area contributed by atoms with Gasteiger partial charge in [-0.1, -0.05) is 29.8 Å². The summed E-state index contributed by atoms with van der Waals surface area (Å²) in [6, 6.07) is 12.4. The van der Waals surface area contributed by atoms with E-state index >= 15 is 0 Å². The Kier molecular flexibility index (Phi) is 6.36. The number of ether oxygens (including phenoxy) is 1. The van der Waals surface area contributed by atoms with E-state index in [1.165, 1.54) is 12.1 Å². The number of carbonyl (C=O) groups is 1. The lowest BCUT2D eigenvalue weighted by Crippen LogP contribution is -2.43. The molecule has 7 heteroatoms. The molecule has 3 rings (SSSR count). The maximum absolute atomic E-state index is 12.7. The molecule has 0 spiro atoms. The Labute approximate surface area is 162 Å². The normalized spacial score (nSPS) is 16.6. The second-order valence-electron chi connectivity index (χ2n) is 6.86. The fourth-order valence-electron chi connectivity index (χ4n) is 3.24. The Bertz CT molecular complexity index is 783. The van der Waals surface area contributed by atoms with Crippen LogP contribution < -0.4 is 5.32 Å². The molecule has 0 aliphatic carbocycles. The number of rotatable bonds is 5. The molecule has 0 radical (unpaired) electrons. The fourth-order valence-corrected chi connectivity index (χ4v) is 3.24. The molecule has 1 heterocycles. The highest BCUT2D eigenvalue weighted by Crippen LogP contribution is 2.29. The highest BCUT2D eigenvalue weighted by atomic mass is 19.4.